The molecule has 27 heavy (non-hydrogen) atoms. The van der Waals surface area contributed by atoms with E-state index in [1.807, 2.05) is 27.7 Å². The summed E-state index contributed by atoms with van der Waals surface area (Å²) in [5, 5.41) is 10.3. The molecule has 2 aliphatic carbocycles. The van der Waals surface area contributed by atoms with Gasteiger partial charge in [-0.2, -0.15) is 9.57 Å². The summed E-state index contributed by atoms with van der Waals surface area (Å²) >= 11 is 0. The standard InChI is InChI=1S/C20H38N2O3SSi/c1-15(2)22(16(3)4)26(23,24)14-19-11-10-17(18(19,5)6)12-20(19,13-21)25-27(7,8)9/h15-17H,10-12,14H2,1-9H3/t17?,19?,20-/m0/s1. The minimum atomic E-state index is -3.54. The second-order valence-electron chi connectivity index (χ2n) is 10.7. The summed E-state index contributed by atoms with van der Waals surface area (Å²) in [6.45, 7) is 18.2. The van der Waals surface area contributed by atoms with Gasteiger partial charge in [-0.05, 0) is 77.9 Å². The molecule has 2 unspecified atom stereocenters. The van der Waals surface area contributed by atoms with Crippen LogP contribution in [0.4, 0.5) is 0 Å². The SMILES string of the molecule is CC(C)N(C(C)C)S(=O)(=O)CC12CCC(C[C@@]1(C#N)O[Si](C)(C)C)C2(C)C. The van der Waals surface area contributed by atoms with Crippen LogP contribution in [-0.2, 0) is 14.4 Å². The van der Waals surface area contributed by atoms with Crippen LogP contribution in [0.1, 0.15) is 60.8 Å². The van der Waals surface area contributed by atoms with E-state index in [-0.39, 0.29) is 23.3 Å². The molecule has 2 fully saturated rings. The summed E-state index contributed by atoms with van der Waals surface area (Å²) in [7, 11) is -5.58. The quantitative estimate of drug-likeness (QED) is 0.580. The van der Waals surface area contributed by atoms with Crippen molar-refractivity contribution in [3.63, 3.8) is 0 Å². The lowest BCUT2D eigenvalue weighted by molar-refractivity contribution is -0.0289. The Morgan fingerprint density at radius 3 is 2.07 bits per heavy atom. The molecule has 0 heterocycles. The monoisotopic (exact) mass is 414 g/mol. The van der Waals surface area contributed by atoms with E-state index in [0.29, 0.717) is 12.3 Å². The van der Waals surface area contributed by atoms with Crippen LogP contribution in [0.3, 0.4) is 0 Å². The molecule has 5 nitrogen and oxygen atoms in total. The maximum atomic E-state index is 13.6. The first-order chi connectivity index (χ1) is 12.1. The third kappa shape index (κ3) is 3.52. The first kappa shape index (κ1) is 22.9. The van der Waals surface area contributed by atoms with Crippen LogP contribution in [0.15, 0.2) is 0 Å². The normalized spacial score (nSPS) is 33.2. The van der Waals surface area contributed by atoms with E-state index in [0.717, 1.165) is 12.8 Å². The summed E-state index contributed by atoms with van der Waals surface area (Å²) in [5.41, 5.74) is -1.91. The van der Waals surface area contributed by atoms with E-state index in [1.165, 1.54) is 0 Å². The molecule has 0 N–H and O–H groups in total. The molecule has 0 radical (unpaired) electrons. The lowest BCUT2D eigenvalue weighted by Crippen LogP contribution is -2.59. The molecule has 2 aliphatic rings. The Balaban J connectivity index is 2.60. The van der Waals surface area contributed by atoms with Gasteiger partial charge in [0.25, 0.3) is 0 Å². The van der Waals surface area contributed by atoms with Gasteiger partial charge in [0.05, 0.1) is 11.8 Å². The van der Waals surface area contributed by atoms with Crippen LogP contribution in [0.2, 0.25) is 19.6 Å². The van der Waals surface area contributed by atoms with Gasteiger partial charge < -0.3 is 4.43 Å². The molecule has 2 bridgehead atoms. The van der Waals surface area contributed by atoms with Crippen molar-refractivity contribution >= 4 is 18.3 Å². The zero-order valence-corrected chi connectivity index (χ0v) is 20.4. The number of hydrogen-bond acceptors (Lipinski definition) is 4. The molecule has 156 valence electrons. The van der Waals surface area contributed by atoms with E-state index >= 15 is 0 Å². The average Bonchev–Trinajstić information content (AvgIpc) is 2.76. The van der Waals surface area contributed by atoms with Gasteiger partial charge in [0.2, 0.25) is 10.0 Å². The van der Waals surface area contributed by atoms with Gasteiger partial charge in [0.1, 0.15) is 0 Å². The van der Waals surface area contributed by atoms with Gasteiger partial charge >= 0.3 is 0 Å². The number of fused-ring (bicyclic) bond motifs is 2. The minimum absolute atomic E-state index is 0.00208. The number of nitrogens with zero attached hydrogens (tertiary/aromatic N) is 2. The van der Waals surface area contributed by atoms with Gasteiger partial charge in [-0.3, -0.25) is 0 Å². The number of rotatable bonds is 7. The molecule has 2 rings (SSSR count). The summed E-state index contributed by atoms with van der Waals surface area (Å²) in [6, 6.07) is 2.29. The van der Waals surface area contributed by atoms with Gasteiger partial charge in [0.15, 0.2) is 13.9 Å². The first-order valence-electron chi connectivity index (χ1n) is 10.2. The third-order valence-electron chi connectivity index (χ3n) is 6.91. The molecule has 0 spiro atoms. The van der Waals surface area contributed by atoms with Crippen molar-refractivity contribution in [3.8, 4) is 6.07 Å². The van der Waals surface area contributed by atoms with Crippen molar-refractivity contribution in [3.05, 3.63) is 0 Å². The Morgan fingerprint density at radius 1 is 1.19 bits per heavy atom. The third-order valence-corrected chi connectivity index (χ3v) is 10.2. The average molecular weight is 415 g/mol. The molecular formula is C20H38N2O3SSi. The second-order valence-corrected chi connectivity index (χ2v) is 17.0. The van der Waals surface area contributed by atoms with Gasteiger partial charge in [-0.1, -0.05) is 13.8 Å². The topological polar surface area (TPSA) is 70.4 Å². The number of hydrogen-bond donors (Lipinski definition) is 0. The molecule has 0 aromatic carbocycles. The van der Waals surface area contributed by atoms with Crippen molar-refractivity contribution in [2.45, 2.75) is 98.1 Å². The Bertz CT molecular complexity index is 712. The Labute approximate surface area is 167 Å². The molecule has 0 saturated heterocycles. The molecule has 7 heteroatoms. The summed E-state index contributed by atoms with van der Waals surface area (Å²) in [5.74, 6) is 0.327. The van der Waals surface area contributed by atoms with Gasteiger partial charge in [-0.25, -0.2) is 8.42 Å². The van der Waals surface area contributed by atoms with Crippen LogP contribution < -0.4 is 0 Å². The largest absolute Gasteiger partial charge is 0.399 e. The Hall–Kier alpha value is -0.423. The van der Waals surface area contributed by atoms with E-state index in [1.54, 1.807) is 4.31 Å². The first-order valence-corrected chi connectivity index (χ1v) is 15.2. The predicted octanol–water partition coefficient (Wildman–Crippen LogP) is 4.38. The highest BCUT2D eigenvalue weighted by molar-refractivity contribution is 7.89. The molecule has 0 aromatic heterocycles. The molecule has 0 aromatic rings. The molecule has 0 aliphatic heterocycles. The maximum absolute atomic E-state index is 13.6. The zero-order chi connectivity index (χ0) is 21.1. The van der Waals surface area contributed by atoms with Crippen molar-refractivity contribution in [1.29, 1.82) is 5.26 Å². The summed E-state index contributed by atoms with van der Waals surface area (Å²) < 4.78 is 35.3. The predicted molar refractivity (Wildman–Crippen MR) is 112 cm³/mol. The van der Waals surface area contributed by atoms with Crippen LogP contribution in [0.5, 0.6) is 0 Å². The van der Waals surface area contributed by atoms with Crippen molar-refractivity contribution < 1.29 is 12.8 Å². The smallest absolute Gasteiger partial charge is 0.215 e. The van der Waals surface area contributed by atoms with Crippen molar-refractivity contribution in [2.24, 2.45) is 16.7 Å². The van der Waals surface area contributed by atoms with Crippen LogP contribution in [-0.4, -0.2) is 44.5 Å². The fourth-order valence-corrected chi connectivity index (χ4v) is 10.1. The fraction of sp³-hybridized carbons (Fsp3) is 0.950. The van der Waals surface area contributed by atoms with Crippen LogP contribution in [0.25, 0.3) is 0 Å². The summed E-state index contributed by atoms with van der Waals surface area (Å²) in [4.78, 5) is 0. The molecule has 0 amide bonds. The van der Waals surface area contributed by atoms with E-state index in [9.17, 15) is 13.7 Å². The second kappa shape index (κ2) is 6.83. The van der Waals surface area contributed by atoms with Crippen LogP contribution in [0, 0.1) is 28.1 Å². The van der Waals surface area contributed by atoms with Gasteiger partial charge in [-0.15, -0.1) is 0 Å². The Kier molecular flexibility index (Phi) is 5.78. The van der Waals surface area contributed by atoms with E-state index in [4.69, 9.17) is 4.43 Å². The Morgan fingerprint density at radius 2 is 1.70 bits per heavy atom. The maximum Gasteiger partial charge on any atom is 0.215 e. The van der Waals surface area contributed by atoms with Crippen LogP contribution >= 0.6 is 0 Å². The zero-order valence-electron chi connectivity index (χ0n) is 18.6. The highest BCUT2D eigenvalue weighted by Crippen LogP contribution is 2.71. The molecule has 3 atom stereocenters. The molecule has 2 saturated carbocycles. The van der Waals surface area contributed by atoms with Gasteiger partial charge in [0, 0.05) is 17.5 Å². The van der Waals surface area contributed by atoms with E-state index < -0.39 is 29.4 Å². The van der Waals surface area contributed by atoms with E-state index in [2.05, 4.69) is 39.6 Å². The van der Waals surface area contributed by atoms with Crippen molar-refractivity contribution in [1.82, 2.24) is 4.31 Å². The van der Waals surface area contributed by atoms with Crippen molar-refractivity contribution in [2.75, 3.05) is 5.75 Å². The fourth-order valence-electron chi connectivity index (χ4n) is 5.95. The number of nitriles is 1. The lowest BCUT2D eigenvalue weighted by Gasteiger charge is -2.49. The lowest BCUT2D eigenvalue weighted by atomic mass is 9.64. The number of sulfonamides is 1. The minimum Gasteiger partial charge on any atom is -0.399 e. The summed E-state index contributed by atoms with van der Waals surface area (Å²) in [6.07, 6.45) is 2.37. The molecular weight excluding hydrogens is 376 g/mol. The highest BCUT2D eigenvalue weighted by Gasteiger charge is 2.74. The highest BCUT2D eigenvalue weighted by atomic mass is 32.2.